The predicted octanol–water partition coefficient (Wildman–Crippen LogP) is 0.366. The Hall–Kier alpha value is -1.13. The highest BCUT2D eigenvalue weighted by atomic mass is 19.1. The highest BCUT2D eigenvalue weighted by molar-refractivity contribution is 5.42. The first-order valence-electron chi connectivity index (χ1n) is 3.65. The third-order valence-corrected chi connectivity index (χ3v) is 1.71. The van der Waals surface area contributed by atoms with Gasteiger partial charge >= 0.3 is 0 Å². The molecule has 1 atom stereocenters. The van der Waals surface area contributed by atoms with Gasteiger partial charge in [0.25, 0.3) is 0 Å². The normalized spacial score (nSPS) is 12.9. The molecule has 0 unspecified atom stereocenters. The molecule has 0 bridgehead atoms. The van der Waals surface area contributed by atoms with Crippen molar-refractivity contribution in [3.8, 4) is 0 Å². The standard InChI is InChI=1S/C8H12FN3/c9-6-3-5(8(12)4-10)1-2-7(6)11/h1-3,8H,4,10-12H2/t8-/m0/s1. The summed E-state index contributed by atoms with van der Waals surface area (Å²) < 4.78 is 12.9. The molecule has 12 heavy (non-hydrogen) atoms. The molecule has 66 valence electrons. The molecule has 0 aliphatic carbocycles. The van der Waals surface area contributed by atoms with Crippen molar-refractivity contribution in [2.45, 2.75) is 6.04 Å². The zero-order valence-corrected chi connectivity index (χ0v) is 6.63. The van der Waals surface area contributed by atoms with Crippen LogP contribution in [0.1, 0.15) is 11.6 Å². The van der Waals surface area contributed by atoms with Gasteiger partial charge < -0.3 is 17.2 Å². The molecular weight excluding hydrogens is 157 g/mol. The Bertz CT molecular complexity index is 275. The van der Waals surface area contributed by atoms with E-state index in [0.29, 0.717) is 12.1 Å². The van der Waals surface area contributed by atoms with Crippen molar-refractivity contribution >= 4 is 5.69 Å². The van der Waals surface area contributed by atoms with Crippen LogP contribution < -0.4 is 17.2 Å². The largest absolute Gasteiger partial charge is 0.396 e. The molecule has 1 rings (SSSR count). The molecule has 6 N–H and O–H groups in total. The molecule has 0 aliphatic rings. The van der Waals surface area contributed by atoms with E-state index in [1.807, 2.05) is 0 Å². The molecule has 0 amide bonds. The van der Waals surface area contributed by atoms with Crippen LogP contribution in [0.4, 0.5) is 10.1 Å². The minimum atomic E-state index is -0.448. The van der Waals surface area contributed by atoms with Crippen molar-refractivity contribution in [3.05, 3.63) is 29.6 Å². The number of halogens is 1. The van der Waals surface area contributed by atoms with Crippen molar-refractivity contribution in [3.63, 3.8) is 0 Å². The fourth-order valence-electron chi connectivity index (χ4n) is 0.910. The van der Waals surface area contributed by atoms with E-state index < -0.39 is 5.82 Å². The lowest BCUT2D eigenvalue weighted by atomic mass is 10.1. The average molecular weight is 169 g/mol. The maximum atomic E-state index is 12.9. The minimum Gasteiger partial charge on any atom is -0.396 e. The number of hydrogen-bond donors (Lipinski definition) is 3. The summed E-state index contributed by atoms with van der Waals surface area (Å²) in [4.78, 5) is 0. The van der Waals surface area contributed by atoms with Crippen LogP contribution in [0, 0.1) is 5.82 Å². The zero-order valence-electron chi connectivity index (χ0n) is 6.63. The summed E-state index contributed by atoms with van der Waals surface area (Å²) in [5.41, 5.74) is 17.0. The van der Waals surface area contributed by atoms with E-state index in [-0.39, 0.29) is 11.7 Å². The fourth-order valence-corrected chi connectivity index (χ4v) is 0.910. The summed E-state index contributed by atoms with van der Waals surface area (Å²) in [7, 11) is 0. The molecule has 0 aromatic heterocycles. The maximum absolute atomic E-state index is 12.9. The topological polar surface area (TPSA) is 78.1 Å². The predicted molar refractivity (Wildman–Crippen MR) is 46.8 cm³/mol. The molecule has 0 saturated heterocycles. The van der Waals surface area contributed by atoms with Crippen molar-refractivity contribution in [1.29, 1.82) is 0 Å². The second-order valence-electron chi connectivity index (χ2n) is 2.62. The Labute approximate surface area is 70.3 Å². The van der Waals surface area contributed by atoms with Gasteiger partial charge in [0.15, 0.2) is 0 Å². The van der Waals surface area contributed by atoms with Gasteiger partial charge in [-0.05, 0) is 17.7 Å². The Balaban J connectivity index is 2.96. The van der Waals surface area contributed by atoms with Crippen LogP contribution in [0.5, 0.6) is 0 Å². The molecule has 0 radical (unpaired) electrons. The van der Waals surface area contributed by atoms with Gasteiger partial charge in [0.1, 0.15) is 5.82 Å². The minimum absolute atomic E-state index is 0.128. The molecule has 0 fully saturated rings. The highest BCUT2D eigenvalue weighted by Gasteiger charge is 2.05. The molecule has 0 heterocycles. The SMILES string of the molecule is NC[C@H](N)c1ccc(N)c(F)c1. The number of nitrogen functional groups attached to an aromatic ring is 1. The second-order valence-corrected chi connectivity index (χ2v) is 2.62. The lowest BCUT2D eigenvalue weighted by molar-refractivity contribution is 0.624. The van der Waals surface area contributed by atoms with Gasteiger partial charge in [-0.15, -0.1) is 0 Å². The van der Waals surface area contributed by atoms with Crippen molar-refractivity contribution in [2.75, 3.05) is 12.3 Å². The zero-order chi connectivity index (χ0) is 9.14. The van der Waals surface area contributed by atoms with E-state index in [2.05, 4.69) is 0 Å². The van der Waals surface area contributed by atoms with Crippen LogP contribution in [0.3, 0.4) is 0 Å². The number of nitrogens with two attached hydrogens (primary N) is 3. The summed E-state index contributed by atoms with van der Waals surface area (Å²) >= 11 is 0. The lowest BCUT2D eigenvalue weighted by Crippen LogP contribution is -2.20. The number of benzene rings is 1. The molecule has 0 saturated carbocycles. The molecule has 1 aromatic carbocycles. The van der Waals surface area contributed by atoms with E-state index in [1.54, 1.807) is 6.07 Å². The van der Waals surface area contributed by atoms with Gasteiger partial charge in [-0.25, -0.2) is 4.39 Å². The van der Waals surface area contributed by atoms with Crippen LogP contribution in [0.15, 0.2) is 18.2 Å². The first-order chi connectivity index (χ1) is 5.65. The summed E-state index contributed by atoms with van der Waals surface area (Å²) in [5.74, 6) is -0.448. The van der Waals surface area contributed by atoms with Gasteiger partial charge in [-0.1, -0.05) is 6.07 Å². The van der Waals surface area contributed by atoms with E-state index in [1.165, 1.54) is 12.1 Å². The Morgan fingerprint density at radius 1 is 1.42 bits per heavy atom. The van der Waals surface area contributed by atoms with Crippen LogP contribution in [0.2, 0.25) is 0 Å². The smallest absolute Gasteiger partial charge is 0.146 e. The van der Waals surface area contributed by atoms with Crippen LogP contribution in [-0.4, -0.2) is 6.54 Å². The maximum Gasteiger partial charge on any atom is 0.146 e. The Kier molecular flexibility index (Phi) is 2.62. The molecular formula is C8H12FN3. The molecule has 3 nitrogen and oxygen atoms in total. The van der Waals surface area contributed by atoms with Gasteiger partial charge in [0.2, 0.25) is 0 Å². The molecule has 4 heteroatoms. The Morgan fingerprint density at radius 3 is 2.58 bits per heavy atom. The molecule has 1 aromatic rings. The number of anilines is 1. The first kappa shape index (κ1) is 8.96. The van der Waals surface area contributed by atoms with Gasteiger partial charge in [-0.2, -0.15) is 0 Å². The Morgan fingerprint density at radius 2 is 2.08 bits per heavy atom. The van der Waals surface area contributed by atoms with Crippen LogP contribution >= 0.6 is 0 Å². The summed E-state index contributed by atoms with van der Waals surface area (Å²) in [6.07, 6.45) is 0. The van der Waals surface area contributed by atoms with Crippen molar-refractivity contribution < 1.29 is 4.39 Å². The van der Waals surface area contributed by atoms with E-state index >= 15 is 0 Å². The molecule has 0 aliphatic heterocycles. The third kappa shape index (κ3) is 1.72. The summed E-state index contributed by atoms with van der Waals surface area (Å²) in [5, 5.41) is 0. The number of rotatable bonds is 2. The quantitative estimate of drug-likeness (QED) is 0.559. The average Bonchev–Trinajstić information content (AvgIpc) is 2.08. The van der Waals surface area contributed by atoms with Crippen molar-refractivity contribution in [1.82, 2.24) is 0 Å². The second kappa shape index (κ2) is 3.51. The fraction of sp³-hybridized carbons (Fsp3) is 0.250. The molecule has 0 spiro atoms. The third-order valence-electron chi connectivity index (χ3n) is 1.71. The van der Waals surface area contributed by atoms with Gasteiger partial charge in [0, 0.05) is 12.6 Å². The first-order valence-corrected chi connectivity index (χ1v) is 3.65. The van der Waals surface area contributed by atoms with E-state index in [9.17, 15) is 4.39 Å². The van der Waals surface area contributed by atoms with Crippen LogP contribution in [0.25, 0.3) is 0 Å². The summed E-state index contributed by atoms with van der Waals surface area (Å²) in [6.45, 7) is 0.295. The van der Waals surface area contributed by atoms with Crippen LogP contribution in [-0.2, 0) is 0 Å². The monoisotopic (exact) mass is 169 g/mol. The van der Waals surface area contributed by atoms with E-state index in [4.69, 9.17) is 17.2 Å². The van der Waals surface area contributed by atoms with E-state index in [0.717, 1.165) is 0 Å². The van der Waals surface area contributed by atoms with Gasteiger partial charge in [-0.3, -0.25) is 0 Å². The van der Waals surface area contributed by atoms with Crippen molar-refractivity contribution in [2.24, 2.45) is 11.5 Å². The number of hydrogen-bond acceptors (Lipinski definition) is 3. The lowest BCUT2D eigenvalue weighted by Gasteiger charge is -2.09. The summed E-state index contributed by atoms with van der Waals surface area (Å²) in [6, 6.07) is 4.16. The van der Waals surface area contributed by atoms with Gasteiger partial charge in [0.05, 0.1) is 5.69 Å². The highest BCUT2D eigenvalue weighted by Crippen LogP contribution is 2.15.